The van der Waals surface area contributed by atoms with Crippen LogP contribution in [-0.4, -0.2) is 50.0 Å². The summed E-state index contributed by atoms with van der Waals surface area (Å²) in [5.74, 6) is 2.35. The van der Waals surface area contributed by atoms with E-state index in [0.29, 0.717) is 17.7 Å². The molecule has 8 nitrogen and oxygen atoms in total. The molecule has 1 atom stereocenters. The predicted molar refractivity (Wildman–Crippen MR) is 126 cm³/mol. The maximum Gasteiger partial charge on any atom is 0.228 e. The molecule has 162 valence electrons. The number of likely N-dealkylation sites (tertiary alicyclic amines) is 1. The molecule has 0 aliphatic carbocycles. The van der Waals surface area contributed by atoms with Gasteiger partial charge in [-0.15, -0.1) is 0 Å². The average Bonchev–Trinajstić information content (AvgIpc) is 2.84. The summed E-state index contributed by atoms with van der Waals surface area (Å²) in [4.78, 5) is 24.5. The zero-order valence-electron chi connectivity index (χ0n) is 18.1. The second-order valence-electron chi connectivity index (χ2n) is 8.07. The van der Waals surface area contributed by atoms with Crippen molar-refractivity contribution in [3.8, 4) is 0 Å². The Morgan fingerprint density at radius 1 is 1.00 bits per heavy atom. The first-order valence-electron chi connectivity index (χ1n) is 10.9. The number of hydrogen-bond donors (Lipinski definition) is 2. The van der Waals surface area contributed by atoms with E-state index in [9.17, 15) is 0 Å². The number of fused-ring (bicyclic) bond motifs is 1. The van der Waals surface area contributed by atoms with Crippen LogP contribution in [0.2, 0.25) is 0 Å². The lowest BCUT2D eigenvalue weighted by atomic mass is 9.94. The highest BCUT2D eigenvalue weighted by molar-refractivity contribution is 5.78. The SMILES string of the molecule is CNc1cc(Nc2nccc([C@H]3CCCN(Cc4ccc5ncccc5c4)C3)n2)ncn1. The van der Waals surface area contributed by atoms with Crippen LogP contribution in [0.3, 0.4) is 0 Å². The van der Waals surface area contributed by atoms with E-state index in [2.05, 4.69) is 59.7 Å². The third kappa shape index (κ3) is 4.65. The highest BCUT2D eigenvalue weighted by atomic mass is 15.2. The van der Waals surface area contributed by atoms with Gasteiger partial charge in [0, 0.05) is 49.9 Å². The minimum Gasteiger partial charge on any atom is -0.373 e. The quantitative estimate of drug-likeness (QED) is 0.478. The number of rotatable bonds is 6. The van der Waals surface area contributed by atoms with E-state index in [1.807, 2.05) is 37.6 Å². The Morgan fingerprint density at radius 2 is 1.94 bits per heavy atom. The Bertz CT molecular complexity index is 1210. The van der Waals surface area contributed by atoms with E-state index < -0.39 is 0 Å². The molecule has 0 spiro atoms. The molecule has 1 aromatic carbocycles. The van der Waals surface area contributed by atoms with Crippen LogP contribution in [-0.2, 0) is 6.54 Å². The average molecular weight is 427 g/mol. The molecule has 3 aromatic heterocycles. The first-order valence-corrected chi connectivity index (χ1v) is 10.9. The number of pyridine rings is 1. The molecule has 1 saturated heterocycles. The van der Waals surface area contributed by atoms with Crippen molar-refractivity contribution in [3.63, 3.8) is 0 Å². The van der Waals surface area contributed by atoms with E-state index >= 15 is 0 Å². The number of nitrogens with zero attached hydrogens (tertiary/aromatic N) is 6. The van der Waals surface area contributed by atoms with Gasteiger partial charge in [-0.3, -0.25) is 9.88 Å². The van der Waals surface area contributed by atoms with Gasteiger partial charge in [-0.25, -0.2) is 19.9 Å². The Hall–Kier alpha value is -3.65. The molecule has 0 amide bonds. The van der Waals surface area contributed by atoms with Crippen LogP contribution in [0.4, 0.5) is 17.6 Å². The first-order chi connectivity index (χ1) is 15.8. The molecule has 5 rings (SSSR count). The van der Waals surface area contributed by atoms with E-state index in [1.165, 1.54) is 17.3 Å². The molecule has 0 bridgehead atoms. The topological polar surface area (TPSA) is 91.8 Å². The smallest absolute Gasteiger partial charge is 0.228 e. The lowest BCUT2D eigenvalue weighted by Crippen LogP contribution is -2.34. The molecular weight excluding hydrogens is 400 g/mol. The molecule has 1 aliphatic heterocycles. The van der Waals surface area contributed by atoms with Crippen molar-refractivity contribution in [2.24, 2.45) is 0 Å². The molecule has 0 saturated carbocycles. The monoisotopic (exact) mass is 426 g/mol. The summed E-state index contributed by atoms with van der Waals surface area (Å²) in [6, 6.07) is 14.5. The van der Waals surface area contributed by atoms with Gasteiger partial charge in [0.1, 0.15) is 18.0 Å². The minimum atomic E-state index is 0.382. The van der Waals surface area contributed by atoms with E-state index in [1.54, 1.807) is 0 Å². The van der Waals surface area contributed by atoms with Crippen LogP contribution >= 0.6 is 0 Å². The highest BCUT2D eigenvalue weighted by Crippen LogP contribution is 2.27. The summed E-state index contributed by atoms with van der Waals surface area (Å²) in [6.07, 6.45) is 7.46. The van der Waals surface area contributed by atoms with E-state index in [4.69, 9.17) is 4.98 Å². The summed E-state index contributed by atoms with van der Waals surface area (Å²) in [6.45, 7) is 3.02. The lowest BCUT2D eigenvalue weighted by molar-refractivity contribution is 0.198. The third-order valence-corrected chi connectivity index (χ3v) is 5.84. The van der Waals surface area contributed by atoms with Crippen LogP contribution in [0.15, 0.2) is 61.2 Å². The van der Waals surface area contributed by atoms with Crippen molar-refractivity contribution in [2.75, 3.05) is 30.8 Å². The minimum absolute atomic E-state index is 0.382. The number of aromatic nitrogens is 5. The molecule has 1 aliphatic rings. The van der Waals surface area contributed by atoms with Gasteiger partial charge >= 0.3 is 0 Å². The molecule has 1 fully saturated rings. The van der Waals surface area contributed by atoms with Gasteiger partial charge in [-0.1, -0.05) is 12.1 Å². The van der Waals surface area contributed by atoms with Gasteiger partial charge < -0.3 is 10.6 Å². The van der Waals surface area contributed by atoms with Crippen LogP contribution < -0.4 is 10.6 Å². The zero-order chi connectivity index (χ0) is 21.8. The zero-order valence-corrected chi connectivity index (χ0v) is 18.1. The fourth-order valence-electron chi connectivity index (χ4n) is 4.26. The molecule has 4 heterocycles. The molecule has 32 heavy (non-hydrogen) atoms. The highest BCUT2D eigenvalue weighted by Gasteiger charge is 2.23. The summed E-state index contributed by atoms with van der Waals surface area (Å²) < 4.78 is 0. The molecule has 4 aromatic rings. The van der Waals surface area contributed by atoms with Crippen molar-refractivity contribution >= 4 is 28.5 Å². The largest absolute Gasteiger partial charge is 0.373 e. The van der Waals surface area contributed by atoms with Crippen molar-refractivity contribution < 1.29 is 0 Å². The molecule has 2 N–H and O–H groups in total. The Kier molecular flexibility index (Phi) is 5.85. The molecule has 8 heteroatoms. The standard InChI is InChI=1S/C24H26N8/c1-25-22-13-23(29-16-28-22)31-24-27-10-8-21(30-24)19-5-3-11-32(15-19)14-17-6-7-20-18(12-17)4-2-9-26-20/h2,4,6-10,12-13,16,19H,3,5,11,14-15H2,1H3,(H2,25,27,28,29,30,31)/t19-/m0/s1. The van der Waals surface area contributed by atoms with Crippen molar-refractivity contribution in [1.29, 1.82) is 0 Å². The number of hydrogen-bond acceptors (Lipinski definition) is 8. The number of piperidine rings is 1. The van der Waals surface area contributed by atoms with Gasteiger partial charge in [-0.2, -0.15) is 0 Å². The Morgan fingerprint density at radius 3 is 2.88 bits per heavy atom. The predicted octanol–water partition coefficient (Wildman–Crippen LogP) is 3.98. The Labute approximate surface area is 187 Å². The second kappa shape index (κ2) is 9.23. The maximum atomic E-state index is 4.79. The number of anilines is 3. The van der Waals surface area contributed by atoms with Gasteiger partial charge in [0.25, 0.3) is 0 Å². The van der Waals surface area contributed by atoms with Crippen molar-refractivity contribution in [1.82, 2.24) is 29.8 Å². The second-order valence-corrected chi connectivity index (χ2v) is 8.07. The summed E-state index contributed by atoms with van der Waals surface area (Å²) in [5.41, 5.74) is 3.43. The molecule has 0 unspecified atom stereocenters. The number of nitrogens with one attached hydrogen (secondary N) is 2. The van der Waals surface area contributed by atoms with E-state index in [-0.39, 0.29) is 0 Å². The Balaban J connectivity index is 1.28. The summed E-state index contributed by atoms with van der Waals surface area (Å²) in [5, 5.41) is 7.39. The van der Waals surface area contributed by atoms with Crippen molar-refractivity contribution in [3.05, 3.63) is 72.4 Å². The first kappa shape index (κ1) is 20.3. The fourth-order valence-corrected chi connectivity index (χ4v) is 4.26. The van der Waals surface area contributed by atoms with Crippen LogP contribution in [0, 0.1) is 0 Å². The molecule has 0 radical (unpaired) electrons. The molecular formula is C24H26N8. The third-order valence-electron chi connectivity index (χ3n) is 5.84. The van der Waals surface area contributed by atoms with Gasteiger partial charge in [0.15, 0.2) is 0 Å². The van der Waals surface area contributed by atoms with Gasteiger partial charge in [0.05, 0.1) is 11.2 Å². The number of benzene rings is 1. The maximum absolute atomic E-state index is 4.79. The lowest BCUT2D eigenvalue weighted by Gasteiger charge is -2.32. The van der Waals surface area contributed by atoms with Crippen molar-refractivity contribution in [2.45, 2.75) is 25.3 Å². The van der Waals surface area contributed by atoms with Crippen LogP contribution in [0.25, 0.3) is 10.9 Å². The normalized spacial score (nSPS) is 16.7. The van der Waals surface area contributed by atoms with E-state index in [0.717, 1.165) is 49.5 Å². The summed E-state index contributed by atoms with van der Waals surface area (Å²) in [7, 11) is 1.83. The van der Waals surface area contributed by atoms with Crippen LogP contribution in [0.5, 0.6) is 0 Å². The van der Waals surface area contributed by atoms with Crippen LogP contribution in [0.1, 0.15) is 30.0 Å². The van der Waals surface area contributed by atoms with Gasteiger partial charge in [0.2, 0.25) is 5.95 Å². The summed E-state index contributed by atoms with van der Waals surface area (Å²) >= 11 is 0. The van der Waals surface area contributed by atoms with Gasteiger partial charge in [-0.05, 0) is 49.2 Å². The fraction of sp³-hybridized carbons (Fsp3) is 0.292.